The average molecular weight is 307 g/mol. The van der Waals surface area contributed by atoms with E-state index in [4.69, 9.17) is 0 Å². The Balaban J connectivity index is 2.19. The maximum Gasteiger partial charge on any atom is 0.0355 e. The molecule has 0 fully saturated rings. The van der Waals surface area contributed by atoms with Crippen LogP contribution in [0.1, 0.15) is 38.2 Å². The summed E-state index contributed by atoms with van der Waals surface area (Å²) in [6.07, 6.45) is 12.7. The maximum atomic E-state index is 4.26. The van der Waals surface area contributed by atoms with Gasteiger partial charge in [-0.2, -0.15) is 0 Å². The third-order valence-electron chi connectivity index (χ3n) is 3.98. The number of benzene rings is 1. The first kappa shape index (κ1) is 15.0. The smallest absolute Gasteiger partial charge is 0.0355 e. The zero-order valence-electron chi connectivity index (χ0n) is 13.2. The summed E-state index contributed by atoms with van der Waals surface area (Å²) >= 11 is 1.85. The third-order valence-corrected chi connectivity index (χ3v) is 5.23. The van der Waals surface area contributed by atoms with Gasteiger partial charge in [-0.25, -0.2) is 0 Å². The number of allylic oxidation sites excluding steroid dienone is 2. The predicted octanol–water partition coefficient (Wildman–Crippen LogP) is 4.52. The van der Waals surface area contributed by atoms with Crippen LogP contribution >= 0.6 is 11.3 Å². The molecule has 0 radical (unpaired) electrons. The maximum absolute atomic E-state index is 4.26. The lowest BCUT2D eigenvalue weighted by molar-refractivity contribution is 0.778. The van der Waals surface area contributed by atoms with Crippen molar-refractivity contribution in [3.05, 3.63) is 57.9 Å². The summed E-state index contributed by atoms with van der Waals surface area (Å²) in [6, 6.07) is 6.88. The summed E-state index contributed by atoms with van der Waals surface area (Å²) in [5.41, 5.74) is 2.47. The molecular weight excluding hydrogens is 286 g/mol. The van der Waals surface area contributed by atoms with E-state index in [2.05, 4.69) is 61.8 Å². The van der Waals surface area contributed by atoms with Gasteiger partial charge in [0.05, 0.1) is 0 Å². The fraction of sp³-hybridized carbons (Fsp3) is 0.250. The number of hydrogen-bond acceptors (Lipinski definition) is 2. The van der Waals surface area contributed by atoms with Crippen LogP contribution in [0.25, 0.3) is 22.2 Å². The van der Waals surface area contributed by atoms with Crippen LogP contribution in [0.4, 0.5) is 0 Å². The van der Waals surface area contributed by atoms with Crippen LogP contribution in [0.2, 0.25) is 0 Å². The Hall–Kier alpha value is -1.93. The van der Waals surface area contributed by atoms with Crippen LogP contribution in [0, 0.1) is 0 Å². The molecule has 2 heteroatoms. The number of hydrogen-bond donors (Lipinski definition) is 0. The molecule has 2 aromatic rings. The van der Waals surface area contributed by atoms with Gasteiger partial charge in [0.15, 0.2) is 0 Å². The zero-order valence-corrected chi connectivity index (χ0v) is 14.0. The molecule has 3 rings (SSSR count). The Bertz CT molecular complexity index is 880. The van der Waals surface area contributed by atoms with Crippen LogP contribution in [-0.4, -0.2) is 6.21 Å². The molecule has 1 aromatic heterocycles. The Kier molecular flexibility index (Phi) is 4.39. The van der Waals surface area contributed by atoms with E-state index in [0.29, 0.717) is 5.92 Å². The van der Waals surface area contributed by atoms with Crippen molar-refractivity contribution >= 4 is 39.8 Å². The van der Waals surface area contributed by atoms with E-state index in [1.54, 1.807) is 0 Å². The zero-order chi connectivity index (χ0) is 15.5. The summed E-state index contributed by atoms with van der Waals surface area (Å²) in [5, 5.41) is 2.66. The van der Waals surface area contributed by atoms with Gasteiger partial charge in [-0.15, -0.1) is 11.3 Å². The minimum atomic E-state index is 0.457. The molecule has 1 unspecified atom stereocenters. The monoisotopic (exact) mass is 307 g/mol. The number of thiophene rings is 1. The Morgan fingerprint density at radius 2 is 2.27 bits per heavy atom. The molecule has 0 N–H and O–H groups in total. The van der Waals surface area contributed by atoms with E-state index >= 15 is 0 Å². The summed E-state index contributed by atoms with van der Waals surface area (Å²) < 4.78 is 2.67. The first-order chi connectivity index (χ1) is 10.7. The number of nitrogens with zero attached hydrogens (tertiary/aromatic N) is 1. The van der Waals surface area contributed by atoms with E-state index in [9.17, 15) is 0 Å². The van der Waals surface area contributed by atoms with Gasteiger partial charge >= 0.3 is 0 Å². The molecule has 0 saturated heterocycles. The highest BCUT2D eigenvalue weighted by Crippen LogP contribution is 2.27. The molecule has 0 bridgehead atoms. The minimum absolute atomic E-state index is 0.457. The third kappa shape index (κ3) is 2.97. The van der Waals surface area contributed by atoms with Gasteiger partial charge in [-0.1, -0.05) is 36.4 Å². The normalized spacial score (nSPS) is 19.8. The van der Waals surface area contributed by atoms with Crippen molar-refractivity contribution in [3.63, 3.8) is 0 Å². The van der Waals surface area contributed by atoms with Crippen LogP contribution in [0.3, 0.4) is 0 Å². The van der Waals surface area contributed by atoms with Crippen LogP contribution in [0.5, 0.6) is 0 Å². The summed E-state index contributed by atoms with van der Waals surface area (Å²) in [5.74, 6) is 0.457. The lowest BCUT2D eigenvalue weighted by Gasteiger charge is -2.11. The number of fused-ring (bicyclic) bond motifs is 1. The first-order valence-electron chi connectivity index (χ1n) is 7.73. The predicted molar refractivity (Wildman–Crippen MR) is 100 cm³/mol. The SMILES string of the molecule is C=C(C)/C=c1\c(=C/C)sc2ccc(C3C=CN=CCC3)cc12. The molecule has 0 saturated carbocycles. The van der Waals surface area contributed by atoms with Crippen molar-refractivity contribution in [2.75, 3.05) is 0 Å². The van der Waals surface area contributed by atoms with Crippen molar-refractivity contribution in [1.29, 1.82) is 0 Å². The van der Waals surface area contributed by atoms with Crippen molar-refractivity contribution in [1.82, 2.24) is 0 Å². The molecule has 22 heavy (non-hydrogen) atoms. The average Bonchev–Trinajstić information content (AvgIpc) is 2.69. The molecular formula is C20H21NS. The molecule has 112 valence electrons. The first-order valence-corrected chi connectivity index (χ1v) is 8.55. The topological polar surface area (TPSA) is 12.4 Å². The lowest BCUT2D eigenvalue weighted by Crippen LogP contribution is -2.18. The Labute approximate surface area is 135 Å². The van der Waals surface area contributed by atoms with Crippen molar-refractivity contribution < 1.29 is 0 Å². The van der Waals surface area contributed by atoms with Crippen molar-refractivity contribution in [2.24, 2.45) is 4.99 Å². The molecule has 1 atom stereocenters. The second-order valence-electron chi connectivity index (χ2n) is 5.77. The van der Waals surface area contributed by atoms with E-state index < -0.39 is 0 Å². The highest BCUT2D eigenvalue weighted by atomic mass is 32.1. The fourth-order valence-corrected chi connectivity index (χ4v) is 3.96. The fourth-order valence-electron chi connectivity index (χ4n) is 2.91. The molecule has 1 nitrogen and oxygen atoms in total. The van der Waals surface area contributed by atoms with E-state index in [1.807, 2.05) is 23.8 Å². The largest absolute Gasteiger partial charge is 0.269 e. The molecule has 1 aliphatic heterocycles. The minimum Gasteiger partial charge on any atom is -0.269 e. The van der Waals surface area contributed by atoms with Crippen LogP contribution in [0.15, 0.2) is 47.6 Å². The van der Waals surface area contributed by atoms with Gasteiger partial charge in [0.1, 0.15) is 0 Å². The summed E-state index contributed by atoms with van der Waals surface area (Å²) in [6.45, 7) is 8.20. The van der Waals surface area contributed by atoms with Crippen molar-refractivity contribution in [2.45, 2.75) is 32.6 Å². The quantitative estimate of drug-likeness (QED) is 0.773. The standard InChI is InChI=1S/C20H21NS/c1-4-19-17(12-14(2)3)18-13-16(7-8-20(18)22-19)15-6-5-10-21-11-9-15/h4,7-13,15H,2,5-6H2,1,3H3/b17-12-,19-4+. The second-order valence-corrected chi connectivity index (χ2v) is 6.86. The van der Waals surface area contributed by atoms with E-state index in [-0.39, 0.29) is 0 Å². The van der Waals surface area contributed by atoms with Gasteiger partial charge < -0.3 is 0 Å². The molecule has 0 amide bonds. The van der Waals surface area contributed by atoms with Crippen molar-refractivity contribution in [3.8, 4) is 0 Å². The van der Waals surface area contributed by atoms with Gasteiger partial charge in [0, 0.05) is 38.2 Å². The Morgan fingerprint density at radius 1 is 1.41 bits per heavy atom. The highest BCUT2D eigenvalue weighted by Gasteiger charge is 2.11. The highest BCUT2D eigenvalue weighted by molar-refractivity contribution is 7.17. The molecule has 2 heterocycles. The number of rotatable bonds is 2. The summed E-state index contributed by atoms with van der Waals surface area (Å²) in [4.78, 5) is 4.26. The van der Waals surface area contributed by atoms with E-state index in [1.165, 1.54) is 25.4 Å². The molecule has 1 aromatic carbocycles. The molecule has 0 spiro atoms. The van der Waals surface area contributed by atoms with Crippen LogP contribution < -0.4 is 9.75 Å². The number of aliphatic imine (C=N–C) groups is 1. The van der Waals surface area contributed by atoms with Gasteiger partial charge in [-0.3, -0.25) is 4.99 Å². The molecule has 0 aliphatic carbocycles. The van der Waals surface area contributed by atoms with Crippen LogP contribution in [-0.2, 0) is 0 Å². The summed E-state index contributed by atoms with van der Waals surface area (Å²) in [7, 11) is 0. The van der Waals surface area contributed by atoms with Gasteiger partial charge in [0.2, 0.25) is 0 Å². The van der Waals surface area contributed by atoms with E-state index in [0.717, 1.165) is 18.4 Å². The lowest BCUT2D eigenvalue weighted by atomic mass is 9.93. The second kappa shape index (κ2) is 6.45. The van der Waals surface area contributed by atoms with Gasteiger partial charge in [-0.05, 0) is 44.4 Å². The van der Waals surface area contributed by atoms with Gasteiger partial charge in [0.25, 0.3) is 0 Å². The Morgan fingerprint density at radius 3 is 3.05 bits per heavy atom. The molecule has 1 aliphatic rings.